The van der Waals surface area contributed by atoms with Crippen LogP contribution in [-0.4, -0.2) is 30.2 Å². The zero-order valence-electron chi connectivity index (χ0n) is 19.1. The van der Waals surface area contributed by atoms with Crippen molar-refractivity contribution in [2.75, 3.05) is 19.0 Å². The zero-order chi connectivity index (χ0) is 22.7. The Kier molecular flexibility index (Phi) is 6.68. The number of benzene rings is 2. The van der Waals surface area contributed by atoms with Crippen molar-refractivity contribution in [2.45, 2.75) is 47.6 Å². The molecule has 0 atom stereocenters. The number of amides is 1. The highest BCUT2D eigenvalue weighted by molar-refractivity contribution is 6.07. The number of nitrogens with one attached hydrogen (secondary N) is 1. The van der Waals surface area contributed by atoms with E-state index in [1.165, 1.54) is 11.1 Å². The normalized spacial score (nSPS) is 10.9. The van der Waals surface area contributed by atoms with Gasteiger partial charge in [-0.15, -0.1) is 0 Å². The van der Waals surface area contributed by atoms with E-state index in [4.69, 9.17) is 9.47 Å². The number of hydrogen-bond donors (Lipinski definition) is 1. The van der Waals surface area contributed by atoms with Crippen LogP contribution in [0.4, 0.5) is 5.69 Å². The lowest BCUT2D eigenvalue weighted by atomic mass is 10.0. The van der Waals surface area contributed by atoms with Gasteiger partial charge in [0.15, 0.2) is 0 Å². The lowest BCUT2D eigenvalue weighted by Crippen LogP contribution is -2.18. The van der Waals surface area contributed by atoms with E-state index in [2.05, 4.69) is 49.7 Å². The molecule has 0 fully saturated rings. The number of carbonyl (C=O) groups is 2. The van der Waals surface area contributed by atoms with Crippen LogP contribution in [0.25, 0.3) is 10.9 Å². The summed E-state index contributed by atoms with van der Waals surface area (Å²) in [4.78, 5) is 24.0. The van der Waals surface area contributed by atoms with Gasteiger partial charge in [0.25, 0.3) is 0 Å². The average molecular weight is 423 g/mol. The van der Waals surface area contributed by atoms with E-state index in [-0.39, 0.29) is 18.9 Å². The largest absolute Gasteiger partial charge is 0.496 e. The molecule has 0 radical (unpaired) electrons. The topological polar surface area (TPSA) is 69.6 Å². The Morgan fingerprint density at radius 3 is 2.45 bits per heavy atom. The lowest BCUT2D eigenvalue weighted by molar-refractivity contribution is -0.145. The highest BCUT2D eigenvalue weighted by atomic mass is 16.5. The molecule has 0 aliphatic heterocycles. The van der Waals surface area contributed by atoms with Gasteiger partial charge >= 0.3 is 5.97 Å². The summed E-state index contributed by atoms with van der Waals surface area (Å²) in [6.07, 6.45) is -0.298. The number of fused-ring (bicyclic) bond motifs is 1. The molecule has 3 aromatic rings. The van der Waals surface area contributed by atoms with Crippen LogP contribution < -0.4 is 10.1 Å². The molecule has 31 heavy (non-hydrogen) atoms. The van der Waals surface area contributed by atoms with Gasteiger partial charge in [-0.3, -0.25) is 9.59 Å². The second-order valence-electron chi connectivity index (χ2n) is 7.77. The van der Waals surface area contributed by atoms with Gasteiger partial charge in [0.05, 0.1) is 24.9 Å². The van der Waals surface area contributed by atoms with Crippen molar-refractivity contribution in [3.05, 3.63) is 58.3 Å². The van der Waals surface area contributed by atoms with Crippen LogP contribution in [0.2, 0.25) is 0 Å². The number of carbonyl (C=O) groups excluding carboxylic acids is 2. The molecule has 0 aliphatic rings. The van der Waals surface area contributed by atoms with Crippen LogP contribution in [0.5, 0.6) is 5.75 Å². The van der Waals surface area contributed by atoms with Crippen molar-refractivity contribution >= 4 is 28.5 Å². The molecule has 164 valence electrons. The fourth-order valence-electron chi connectivity index (χ4n) is 3.95. The number of esters is 1. The summed E-state index contributed by atoms with van der Waals surface area (Å²) in [7, 11) is 1.69. The third kappa shape index (κ3) is 4.58. The maximum absolute atomic E-state index is 12.3. The maximum Gasteiger partial charge on any atom is 0.315 e. The number of anilines is 1. The van der Waals surface area contributed by atoms with Gasteiger partial charge < -0.3 is 19.4 Å². The Morgan fingerprint density at radius 2 is 1.77 bits per heavy atom. The van der Waals surface area contributed by atoms with E-state index in [1.807, 2.05) is 18.2 Å². The second-order valence-corrected chi connectivity index (χ2v) is 7.77. The minimum atomic E-state index is -0.526. The van der Waals surface area contributed by atoms with Crippen molar-refractivity contribution in [3.8, 4) is 5.75 Å². The number of aromatic nitrogens is 1. The van der Waals surface area contributed by atoms with Gasteiger partial charge in [-0.2, -0.15) is 0 Å². The van der Waals surface area contributed by atoms with Gasteiger partial charge in [0, 0.05) is 17.6 Å². The molecular weight excluding hydrogens is 392 g/mol. The highest BCUT2D eigenvalue weighted by Crippen LogP contribution is 2.32. The molecule has 0 saturated carbocycles. The summed E-state index contributed by atoms with van der Waals surface area (Å²) < 4.78 is 12.6. The minimum Gasteiger partial charge on any atom is -0.496 e. The SMILES string of the molecule is CCOC(=O)CC(=O)Nc1ccc(C)c2c1cc(C)n2Cc1ccc(OC)c(C)c1C. The van der Waals surface area contributed by atoms with Gasteiger partial charge in [-0.05, 0) is 75.1 Å². The molecular formula is C25H30N2O4. The van der Waals surface area contributed by atoms with Gasteiger partial charge in [-0.25, -0.2) is 0 Å². The fourth-order valence-corrected chi connectivity index (χ4v) is 3.95. The quantitative estimate of drug-likeness (QED) is 0.438. The van der Waals surface area contributed by atoms with Gasteiger partial charge in [0.1, 0.15) is 12.2 Å². The second kappa shape index (κ2) is 9.25. The first-order chi connectivity index (χ1) is 14.8. The van der Waals surface area contributed by atoms with Crippen LogP contribution in [0.3, 0.4) is 0 Å². The third-order valence-electron chi connectivity index (χ3n) is 5.75. The third-order valence-corrected chi connectivity index (χ3v) is 5.75. The van der Waals surface area contributed by atoms with Crippen molar-refractivity contribution in [2.24, 2.45) is 0 Å². The summed E-state index contributed by atoms with van der Waals surface area (Å²) in [5, 5.41) is 3.83. The lowest BCUT2D eigenvalue weighted by Gasteiger charge is -2.16. The Bertz CT molecular complexity index is 1140. The first-order valence-electron chi connectivity index (χ1n) is 10.4. The summed E-state index contributed by atoms with van der Waals surface area (Å²) in [6, 6.07) is 10.1. The molecule has 0 saturated heterocycles. The maximum atomic E-state index is 12.3. The van der Waals surface area contributed by atoms with E-state index in [9.17, 15) is 9.59 Å². The Hall–Kier alpha value is -3.28. The van der Waals surface area contributed by atoms with Crippen molar-refractivity contribution in [1.82, 2.24) is 4.57 Å². The van der Waals surface area contributed by atoms with E-state index >= 15 is 0 Å². The van der Waals surface area contributed by atoms with Crippen molar-refractivity contribution < 1.29 is 19.1 Å². The number of methoxy groups -OCH3 is 1. The molecule has 0 unspecified atom stereocenters. The molecule has 0 spiro atoms. The number of ether oxygens (including phenoxy) is 2. The van der Waals surface area contributed by atoms with E-state index < -0.39 is 5.97 Å². The fraction of sp³-hybridized carbons (Fsp3) is 0.360. The zero-order valence-corrected chi connectivity index (χ0v) is 19.1. The van der Waals surface area contributed by atoms with Crippen molar-refractivity contribution in [1.29, 1.82) is 0 Å². The molecule has 0 bridgehead atoms. The molecule has 0 aliphatic carbocycles. The van der Waals surface area contributed by atoms with Crippen LogP contribution in [0.1, 0.15) is 41.3 Å². The van der Waals surface area contributed by atoms with E-state index in [0.29, 0.717) is 12.2 Å². The summed E-state index contributed by atoms with van der Waals surface area (Å²) in [5.41, 5.74) is 7.54. The molecule has 1 amide bonds. The Labute approximate surface area is 183 Å². The van der Waals surface area contributed by atoms with Gasteiger partial charge in [-0.1, -0.05) is 12.1 Å². The summed E-state index contributed by atoms with van der Waals surface area (Å²) >= 11 is 0. The predicted molar refractivity (Wildman–Crippen MR) is 123 cm³/mol. The minimum absolute atomic E-state index is 0.257. The molecule has 1 N–H and O–H groups in total. The standard InChI is InChI=1S/C25H30N2O4/c1-7-31-24(29)13-23(28)26-21-10-8-15(2)25-20(21)12-16(3)27(25)14-19-9-11-22(30-6)18(5)17(19)4/h8-12H,7,13-14H2,1-6H3,(H,26,28). The van der Waals surface area contributed by atoms with Crippen LogP contribution in [-0.2, 0) is 20.9 Å². The molecule has 1 heterocycles. The van der Waals surface area contributed by atoms with E-state index in [0.717, 1.165) is 33.5 Å². The Balaban J connectivity index is 1.97. The van der Waals surface area contributed by atoms with E-state index in [1.54, 1.807) is 14.0 Å². The number of aryl methyl sites for hydroxylation is 2. The molecule has 1 aromatic heterocycles. The summed E-state index contributed by atoms with van der Waals surface area (Å²) in [5.74, 6) is -0.0174. The van der Waals surface area contributed by atoms with Crippen LogP contribution in [0.15, 0.2) is 30.3 Å². The molecule has 6 nitrogen and oxygen atoms in total. The average Bonchev–Trinajstić information content (AvgIpc) is 3.05. The smallest absolute Gasteiger partial charge is 0.315 e. The molecule has 6 heteroatoms. The molecule has 2 aromatic carbocycles. The first kappa shape index (κ1) is 22.4. The van der Waals surface area contributed by atoms with Crippen LogP contribution in [0, 0.1) is 27.7 Å². The number of hydrogen-bond acceptors (Lipinski definition) is 4. The van der Waals surface area contributed by atoms with Gasteiger partial charge in [0.2, 0.25) is 5.91 Å². The monoisotopic (exact) mass is 422 g/mol. The predicted octanol–water partition coefficient (Wildman–Crippen LogP) is 4.82. The number of nitrogens with zero attached hydrogens (tertiary/aromatic N) is 1. The Morgan fingerprint density at radius 1 is 1.03 bits per heavy atom. The van der Waals surface area contributed by atoms with Crippen LogP contribution >= 0.6 is 0 Å². The number of rotatable bonds is 7. The first-order valence-corrected chi connectivity index (χ1v) is 10.4. The summed E-state index contributed by atoms with van der Waals surface area (Å²) in [6.45, 7) is 11.0. The molecule has 3 rings (SSSR count). The van der Waals surface area contributed by atoms with Crippen molar-refractivity contribution in [3.63, 3.8) is 0 Å². The highest BCUT2D eigenvalue weighted by Gasteiger charge is 2.17.